The molecule has 1 heterocycles. The third kappa shape index (κ3) is 5.19. The quantitative estimate of drug-likeness (QED) is 0.144. The number of rotatable bonds is 7. The number of aliphatic carboxylic acids is 1. The molecular weight excluding hydrogens is 585 g/mol. The van der Waals surface area contributed by atoms with Gasteiger partial charge in [-0.05, 0) is 106 Å². The SMILES string of the molecule is CC1(C)c2cc(-c3ccc(N(c4ccccc4)c4ccccc4)cc3)ccc2-c2ccc(-c3ccc(/C=C(\C#N)C(=O)O)s3)cc21. The summed E-state index contributed by atoms with van der Waals surface area (Å²) in [5, 5.41) is 18.4. The van der Waals surface area contributed by atoms with Crippen molar-refractivity contribution in [2.75, 3.05) is 4.90 Å². The van der Waals surface area contributed by atoms with Gasteiger partial charge in [-0.2, -0.15) is 5.26 Å². The van der Waals surface area contributed by atoms with E-state index in [1.165, 1.54) is 45.2 Å². The molecule has 1 aliphatic carbocycles. The number of thiophene rings is 1. The second-order valence-corrected chi connectivity index (χ2v) is 13.0. The summed E-state index contributed by atoms with van der Waals surface area (Å²) in [6.07, 6.45) is 1.43. The van der Waals surface area contributed by atoms with Crippen LogP contribution in [0.3, 0.4) is 0 Å². The molecule has 0 saturated heterocycles. The van der Waals surface area contributed by atoms with E-state index in [0.29, 0.717) is 0 Å². The molecule has 5 heteroatoms. The minimum atomic E-state index is -1.22. The highest BCUT2D eigenvalue weighted by Gasteiger charge is 2.36. The summed E-state index contributed by atoms with van der Waals surface area (Å²) in [4.78, 5) is 15.3. The van der Waals surface area contributed by atoms with Gasteiger partial charge < -0.3 is 10.0 Å². The van der Waals surface area contributed by atoms with E-state index in [9.17, 15) is 9.90 Å². The lowest BCUT2D eigenvalue weighted by atomic mass is 9.81. The van der Waals surface area contributed by atoms with Crippen LogP contribution in [0.1, 0.15) is 29.9 Å². The Balaban J connectivity index is 1.19. The standard InChI is InChI=1S/C41H30N2O2S/c1-41(2)37-24-28(27-13-17-33(18-14-27)43(31-9-5-3-6-10-31)32-11-7-4-8-12-32)15-20-35(37)36-21-16-29(25-38(36)41)39-22-19-34(46-39)23-30(26-42)40(44)45/h3-25H,1-2H3,(H,44,45)/b30-23+. The fourth-order valence-corrected chi connectivity index (χ4v) is 7.29. The number of nitriles is 1. The van der Waals surface area contributed by atoms with Gasteiger partial charge in [-0.3, -0.25) is 0 Å². The Hall–Kier alpha value is -5.70. The number of nitrogens with zero attached hydrogens (tertiary/aromatic N) is 2. The second kappa shape index (κ2) is 11.7. The predicted molar refractivity (Wildman–Crippen MR) is 189 cm³/mol. The van der Waals surface area contributed by atoms with Crippen LogP contribution in [0.5, 0.6) is 0 Å². The Morgan fingerprint density at radius 3 is 1.78 bits per heavy atom. The molecule has 0 radical (unpaired) electrons. The third-order valence-corrected chi connectivity index (χ3v) is 9.79. The molecule has 0 unspecified atom stereocenters. The molecule has 0 aliphatic heterocycles. The van der Waals surface area contributed by atoms with Gasteiger partial charge in [0.15, 0.2) is 0 Å². The first-order valence-corrected chi connectivity index (χ1v) is 15.9. The van der Waals surface area contributed by atoms with Crippen LogP contribution in [0.4, 0.5) is 17.1 Å². The molecule has 5 aromatic carbocycles. The summed E-state index contributed by atoms with van der Waals surface area (Å²) in [6, 6.07) is 48.6. The van der Waals surface area contributed by atoms with Crippen LogP contribution in [0, 0.1) is 11.3 Å². The number of hydrogen-bond donors (Lipinski definition) is 1. The van der Waals surface area contributed by atoms with Crippen molar-refractivity contribution in [3.8, 4) is 38.8 Å². The van der Waals surface area contributed by atoms with E-state index in [4.69, 9.17) is 5.26 Å². The Kier molecular flexibility index (Phi) is 7.36. The molecule has 4 nitrogen and oxygen atoms in total. The summed E-state index contributed by atoms with van der Waals surface area (Å²) in [7, 11) is 0. The molecule has 1 aliphatic rings. The average Bonchev–Trinajstić information content (AvgIpc) is 3.65. The highest BCUT2D eigenvalue weighted by Crippen LogP contribution is 2.51. The Labute approximate surface area is 272 Å². The zero-order valence-corrected chi connectivity index (χ0v) is 26.3. The summed E-state index contributed by atoms with van der Waals surface area (Å²) < 4.78 is 0. The topological polar surface area (TPSA) is 64.3 Å². The maximum Gasteiger partial charge on any atom is 0.346 e. The Morgan fingerprint density at radius 1 is 0.696 bits per heavy atom. The number of para-hydroxylation sites is 2. The number of fused-ring (bicyclic) bond motifs is 3. The van der Waals surface area contributed by atoms with E-state index in [-0.39, 0.29) is 11.0 Å². The molecule has 0 amide bonds. The van der Waals surface area contributed by atoms with Crippen LogP contribution in [0.25, 0.3) is 38.8 Å². The van der Waals surface area contributed by atoms with Gasteiger partial charge in [0.2, 0.25) is 0 Å². The molecule has 7 rings (SSSR count). The predicted octanol–water partition coefficient (Wildman–Crippen LogP) is 10.8. The van der Waals surface area contributed by atoms with Crippen LogP contribution < -0.4 is 4.90 Å². The van der Waals surface area contributed by atoms with Crippen LogP contribution in [0.2, 0.25) is 0 Å². The van der Waals surface area contributed by atoms with Crippen molar-refractivity contribution in [1.29, 1.82) is 5.26 Å². The molecule has 6 aromatic rings. The summed E-state index contributed by atoms with van der Waals surface area (Å²) in [6.45, 7) is 4.56. The van der Waals surface area contributed by atoms with E-state index < -0.39 is 5.97 Å². The summed E-state index contributed by atoms with van der Waals surface area (Å²) in [5.41, 5.74) is 11.3. The first-order valence-electron chi connectivity index (χ1n) is 15.1. The molecule has 222 valence electrons. The van der Waals surface area contributed by atoms with Gasteiger partial charge in [0.1, 0.15) is 11.6 Å². The molecule has 0 saturated carbocycles. The van der Waals surface area contributed by atoms with E-state index >= 15 is 0 Å². The fraction of sp³-hybridized carbons (Fsp3) is 0.0732. The lowest BCUT2D eigenvalue weighted by Gasteiger charge is -2.25. The van der Waals surface area contributed by atoms with Gasteiger partial charge in [0, 0.05) is 32.2 Å². The van der Waals surface area contributed by atoms with Crippen LogP contribution in [-0.2, 0) is 10.2 Å². The molecular formula is C41H30N2O2S. The van der Waals surface area contributed by atoms with Crippen molar-refractivity contribution in [1.82, 2.24) is 0 Å². The number of hydrogen-bond acceptors (Lipinski definition) is 4. The van der Waals surface area contributed by atoms with Crippen molar-refractivity contribution in [2.24, 2.45) is 0 Å². The average molecular weight is 615 g/mol. The molecule has 0 fully saturated rings. The third-order valence-electron chi connectivity index (χ3n) is 8.71. The first-order chi connectivity index (χ1) is 22.3. The smallest absolute Gasteiger partial charge is 0.346 e. The first kappa shape index (κ1) is 29.0. The van der Waals surface area contributed by atoms with Gasteiger partial charge in [0.05, 0.1) is 0 Å². The lowest BCUT2D eigenvalue weighted by Crippen LogP contribution is -2.15. The largest absolute Gasteiger partial charge is 0.477 e. The summed E-state index contributed by atoms with van der Waals surface area (Å²) in [5.74, 6) is -1.22. The molecule has 0 bridgehead atoms. The monoisotopic (exact) mass is 614 g/mol. The van der Waals surface area contributed by atoms with Crippen LogP contribution in [-0.4, -0.2) is 11.1 Å². The normalized spacial score (nSPS) is 13.0. The van der Waals surface area contributed by atoms with Crippen LogP contribution >= 0.6 is 11.3 Å². The molecule has 0 atom stereocenters. The zero-order valence-electron chi connectivity index (χ0n) is 25.4. The number of carboxylic acid groups (broad SMARTS) is 1. The van der Waals surface area contributed by atoms with Crippen molar-refractivity contribution in [3.63, 3.8) is 0 Å². The fourth-order valence-electron chi connectivity index (χ4n) is 6.34. The minimum absolute atomic E-state index is 0.203. The number of benzene rings is 5. The van der Waals surface area contributed by atoms with E-state index in [1.54, 1.807) is 6.07 Å². The van der Waals surface area contributed by atoms with Gasteiger partial charge in [0.25, 0.3) is 0 Å². The van der Waals surface area contributed by atoms with Crippen molar-refractivity contribution < 1.29 is 9.90 Å². The van der Waals surface area contributed by atoms with E-state index in [1.807, 2.05) is 24.3 Å². The van der Waals surface area contributed by atoms with Crippen LogP contribution in [0.15, 0.2) is 139 Å². The zero-order chi connectivity index (χ0) is 31.8. The van der Waals surface area contributed by atoms with Crippen molar-refractivity contribution >= 4 is 40.4 Å². The van der Waals surface area contributed by atoms with Crippen molar-refractivity contribution in [2.45, 2.75) is 19.3 Å². The molecule has 1 N–H and O–H groups in total. The van der Waals surface area contributed by atoms with Gasteiger partial charge in [-0.25, -0.2) is 4.79 Å². The minimum Gasteiger partial charge on any atom is -0.477 e. The summed E-state index contributed by atoms with van der Waals surface area (Å²) >= 11 is 1.48. The maximum atomic E-state index is 11.3. The highest BCUT2D eigenvalue weighted by molar-refractivity contribution is 7.16. The molecule has 0 spiro atoms. The van der Waals surface area contributed by atoms with E-state index in [2.05, 4.69) is 128 Å². The van der Waals surface area contributed by atoms with E-state index in [0.717, 1.165) is 37.9 Å². The maximum absolute atomic E-state index is 11.3. The van der Waals surface area contributed by atoms with Gasteiger partial charge in [-0.15, -0.1) is 11.3 Å². The molecule has 46 heavy (non-hydrogen) atoms. The highest BCUT2D eigenvalue weighted by atomic mass is 32.1. The Morgan fingerprint density at radius 2 is 1.22 bits per heavy atom. The lowest BCUT2D eigenvalue weighted by molar-refractivity contribution is -0.132. The second-order valence-electron chi connectivity index (χ2n) is 11.9. The number of carboxylic acids is 1. The Bertz CT molecular complexity index is 2120. The number of carbonyl (C=O) groups is 1. The molecule has 1 aromatic heterocycles. The van der Waals surface area contributed by atoms with Gasteiger partial charge in [-0.1, -0.05) is 86.6 Å². The van der Waals surface area contributed by atoms with Gasteiger partial charge >= 0.3 is 5.97 Å². The number of anilines is 3. The van der Waals surface area contributed by atoms with Crippen molar-refractivity contribution in [3.05, 3.63) is 155 Å².